The van der Waals surface area contributed by atoms with Crippen molar-refractivity contribution in [2.75, 3.05) is 18.4 Å². The fourth-order valence-corrected chi connectivity index (χ4v) is 3.86. The van der Waals surface area contributed by atoms with E-state index in [0.29, 0.717) is 11.1 Å². The van der Waals surface area contributed by atoms with Gasteiger partial charge in [0.25, 0.3) is 0 Å². The minimum Gasteiger partial charge on any atom is -0.464 e. The highest BCUT2D eigenvalue weighted by Gasteiger charge is 2.33. The fraction of sp³-hybridized carbons (Fsp3) is 0.200. The Labute approximate surface area is 187 Å². The first-order valence-electron chi connectivity index (χ1n) is 10.4. The number of carbonyl (C=O) groups is 2. The number of carbonyl (C=O) groups excluding carboxylic acids is 2. The molecule has 33 heavy (non-hydrogen) atoms. The van der Waals surface area contributed by atoms with Gasteiger partial charge in [0.1, 0.15) is 5.58 Å². The van der Waals surface area contributed by atoms with Gasteiger partial charge in [-0.15, -0.1) is 0 Å². The first-order valence-corrected chi connectivity index (χ1v) is 10.4. The van der Waals surface area contributed by atoms with Gasteiger partial charge in [-0.25, -0.2) is 0 Å². The molecule has 170 valence electrons. The number of nitrogens with zero attached hydrogens (tertiary/aromatic N) is 1. The zero-order chi connectivity index (χ0) is 23.6. The normalized spacial score (nSPS) is 11.6. The maximum Gasteiger partial charge on any atom is 0.418 e. The summed E-state index contributed by atoms with van der Waals surface area (Å²) in [5.74, 6) is -1.03. The number of para-hydroxylation sites is 1. The van der Waals surface area contributed by atoms with Crippen molar-refractivity contribution in [1.82, 2.24) is 4.90 Å². The lowest BCUT2D eigenvalue weighted by Gasteiger charge is -2.21. The van der Waals surface area contributed by atoms with Gasteiger partial charge in [0, 0.05) is 17.5 Å². The van der Waals surface area contributed by atoms with E-state index in [0.717, 1.165) is 22.2 Å². The Morgan fingerprint density at radius 2 is 1.73 bits per heavy atom. The van der Waals surface area contributed by atoms with E-state index < -0.39 is 17.6 Å². The lowest BCUT2D eigenvalue weighted by atomic mass is 10.0. The van der Waals surface area contributed by atoms with Gasteiger partial charge in [0.15, 0.2) is 0 Å². The molecule has 0 atom stereocenters. The van der Waals surface area contributed by atoms with Gasteiger partial charge in [0.05, 0.1) is 30.5 Å². The van der Waals surface area contributed by atoms with E-state index in [-0.39, 0.29) is 31.1 Å². The second kappa shape index (κ2) is 8.97. The molecule has 8 heteroatoms. The highest BCUT2D eigenvalue weighted by molar-refractivity contribution is 6.08. The standard InChI is InChI=1S/C25H21F3N2O3/c1-2-30(14-22(31)29-20-10-6-5-9-19(20)25(26,27)28)23(32)13-17-15-33-21-12-11-16-7-3-4-8-18(16)24(17)21/h3-12,15H,2,13-14H2,1H3,(H,29,31). The molecule has 1 aromatic heterocycles. The number of rotatable bonds is 6. The van der Waals surface area contributed by atoms with Crippen molar-refractivity contribution in [3.8, 4) is 0 Å². The molecule has 2 amide bonds. The number of furan rings is 1. The van der Waals surface area contributed by atoms with Crippen LogP contribution >= 0.6 is 0 Å². The molecule has 0 bridgehead atoms. The van der Waals surface area contributed by atoms with Gasteiger partial charge in [0.2, 0.25) is 11.8 Å². The summed E-state index contributed by atoms with van der Waals surface area (Å²) >= 11 is 0. The topological polar surface area (TPSA) is 62.6 Å². The van der Waals surface area contributed by atoms with Crippen LogP contribution in [0.25, 0.3) is 21.7 Å². The number of hydrogen-bond acceptors (Lipinski definition) is 3. The number of fused-ring (bicyclic) bond motifs is 3. The van der Waals surface area contributed by atoms with Crippen molar-refractivity contribution in [1.29, 1.82) is 0 Å². The highest BCUT2D eigenvalue weighted by atomic mass is 19.4. The smallest absolute Gasteiger partial charge is 0.418 e. The monoisotopic (exact) mass is 454 g/mol. The van der Waals surface area contributed by atoms with Gasteiger partial charge < -0.3 is 14.6 Å². The molecule has 1 heterocycles. The molecular weight excluding hydrogens is 433 g/mol. The Morgan fingerprint density at radius 3 is 2.48 bits per heavy atom. The predicted molar refractivity (Wildman–Crippen MR) is 120 cm³/mol. The Balaban J connectivity index is 1.51. The van der Waals surface area contributed by atoms with Crippen LogP contribution in [0.5, 0.6) is 0 Å². The Bertz CT molecular complexity index is 1330. The number of anilines is 1. The Hall–Kier alpha value is -3.81. The zero-order valence-electron chi connectivity index (χ0n) is 17.8. The molecule has 0 aliphatic carbocycles. The summed E-state index contributed by atoms with van der Waals surface area (Å²) in [7, 11) is 0. The van der Waals surface area contributed by atoms with Crippen LogP contribution in [-0.2, 0) is 22.2 Å². The minimum atomic E-state index is -4.60. The SMILES string of the molecule is CCN(CC(=O)Nc1ccccc1C(F)(F)F)C(=O)Cc1coc2ccc3ccccc3c12. The van der Waals surface area contributed by atoms with Crippen LogP contribution in [0.3, 0.4) is 0 Å². The first kappa shape index (κ1) is 22.4. The average molecular weight is 454 g/mol. The Morgan fingerprint density at radius 1 is 1.00 bits per heavy atom. The summed E-state index contributed by atoms with van der Waals surface area (Å²) in [6.07, 6.45) is -3.07. The molecule has 0 saturated heterocycles. The van der Waals surface area contributed by atoms with Crippen molar-refractivity contribution in [2.45, 2.75) is 19.5 Å². The maximum atomic E-state index is 13.2. The number of likely N-dealkylation sites (N-methyl/N-ethyl adjacent to an activating group) is 1. The van der Waals surface area contributed by atoms with Crippen LogP contribution in [0.4, 0.5) is 18.9 Å². The highest BCUT2D eigenvalue weighted by Crippen LogP contribution is 2.34. The summed E-state index contributed by atoms with van der Waals surface area (Å²) in [6, 6.07) is 16.3. The fourth-order valence-electron chi connectivity index (χ4n) is 3.86. The van der Waals surface area contributed by atoms with Crippen molar-refractivity contribution < 1.29 is 27.2 Å². The molecule has 0 unspecified atom stereocenters. The third kappa shape index (κ3) is 4.69. The number of benzene rings is 3. The number of alkyl halides is 3. The molecular formula is C25H21F3N2O3. The molecule has 4 aromatic rings. The van der Waals surface area contributed by atoms with Crippen molar-refractivity contribution in [3.63, 3.8) is 0 Å². The van der Waals surface area contributed by atoms with E-state index in [2.05, 4.69) is 5.32 Å². The maximum absolute atomic E-state index is 13.2. The van der Waals surface area contributed by atoms with Crippen molar-refractivity contribution >= 4 is 39.2 Å². The quantitative estimate of drug-likeness (QED) is 0.411. The average Bonchev–Trinajstić information content (AvgIpc) is 3.20. The molecule has 0 radical (unpaired) electrons. The largest absolute Gasteiger partial charge is 0.464 e. The van der Waals surface area contributed by atoms with Gasteiger partial charge in [-0.05, 0) is 35.9 Å². The molecule has 0 fully saturated rings. The molecule has 0 aliphatic heterocycles. The Kier molecular flexibility index (Phi) is 6.09. The lowest BCUT2D eigenvalue weighted by Crippen LogP contribution is -2.38. The minimum absolute atomic E-state index is 0.00126. The van der Waals surface area contributed by atoms with Crippen LogP contribution in [0, 0.1) is 0 Å². The molecule has 1 N–H and O–H groups in total. The molecule has 4 rings (SSSR count). The van der Waals surface area contributed by atoms with Gasteiger partial charge in [-0.1, -0.05) is 42.5 Å². The van der Waals surface area contributed by atoms with E-state index in [4.69, 9.17) is 4.42 Å². The van der Waals surface area contributed by atoms with E-state index in [1.165, 1.54) is 29.4 Å². The predicted octanol–water partition coefficient (Wildman–Crippen LogP) is 5.63. The van der Waals surface area contributed by atoms with Gasteiger partial charge in [-0.2, -0.15) is 13.2 Å². The third-order valence-corrected chi connectivity index (χ3v) is 5.46. The summed E-state index contributed by atoms with van der Waals surface area (Å²) in [5, 5.41) is 5.08. The van der Waals surface area contributed by atoms with Crippen LogP contribution in [0.1, 0.15) is 18.1 Å². The summed E-state index contributed by atoms with van der Waals surface area (Å²) in [4.78, 5) is 26.7. The van der Waals surface area contributed by atoms with Crippen LogP contribution in [-0.4, -0.2) is 29.8 Å². The van der Waals surface area contributed by atoms with E-state index in [1.807, 2.05) is 36.4 Å². The molecule has 5 nitrogen and oxygen atoms in total. The second-order valence-corrected chi connectivity index (χ2v) is 7.60. The number of amides is 2. The number of halogens is 3. The van der Waals surface area contributed by atoms with Crippen LogP contribution in [0.2, 0.25) is 0 Å². The van der Waals surface area contributed by atoms with Crippen LogP contribution in [0.15, 0.2) is 71.3 Å². The number of nitrogens with one attached hydrogen (secondary N) is 1. The second-order valence-electron chi connectivity index (χ2n) is 7.60. The zero-order valence-corrected chi connectivity index (χ0v) is 17.8. The molecule has 0 saturated carbocycles. The van der Waals surface area contributed by atoms with E-state index in [9.17, 15) is 22.8 Å². The molecule has 0 spiro atoms. The van der Waals surface area contributed by atoms with Crippen molar-refractivity contribution in [3.05, 3.63) is 78.1 Å². The molecule has 0 aliphatic rings. The van der Waals surface area contributed by atoms with Crippen LogP contribution < -0.4 is 5.32 Å². The van der Waals surface area contributed by atoms with Crippen molar-refractivity contribution in [2.24, 2.45) is 0 Å². The summed E-state index contributed by atoms with van der Waals surface area (Å²) < 4.78 is 45.2. The molecule has 3 aromatic carbocycles. The van der Waals surface area contributed by atoms with Gasteiger partial charge in [-0.3, -0.25) is 9.59 Å². The summed E-state index contributed by atoms with van der Waals surface area (Å²) in [5.41, 5.74) is 0.0596. The number of hydrogen-bond donors (Lipinski definition) is 1. The first-order chi connectivity index (χ1) is 15.8. The van der Waals surface area contributed by atoms with Gasteiger partial charge >= 0.3 is 6.18 Å². The third-order valence-electron chi connectivity index (χ3n) is 5.46. The summed E-state index contributed by atoms with van der Waals surface area (Å²) in [6.45, 7) is 1.57. The van der Waals surface area contributed by atoms with E-state index in [1.54, 1.807) is 6.92 Å². The lowest BCUT2D eigenvalue weighted by molar-refractivity contribution is -0.137. The van der Waals surface area contributed by atoms with E-state index >= 15 is 0 Å².